The van der Waals surface area contributed by atoms with E-state index in [9.17, 15) is 0 Å². The maximum Gasteiger partial charge on any atom is 0.00122 e. The van der Waals surface area contributed by atoms with E-state index in [1.165, 1.54) is 58.2 Å². The van der Waals surface area contributed by atoms with Crippen LogP contribution >= 0.6 is 0 Å². The van der Waals surface area contributed by atoms with E-state index in [0.29, 0.717) is 0 Å². The van der Waals surface area contributed by atoms with Crippen molar-refractivity contribution >= 4 is 0 Å². The first-order chi connectivity index (χ1) is 6.36. The van der Waals surface area contributed by atoms with Crippen LogP contribution in [0.25, 0.3) is 0 Å². The van der Waals surface area contributed by atoms with Crippen LogP contribution in [0.2, 0.25) is 0 Å². The van der Waals surface area contributed by atoms with Gasteiger partial charge in [-0.3, -0.25) is 0 Å². The second-order valence-corrected chi connectivity index (χ2v) is 5.03. The van der Waals surface area contributed by atoms with Gasteiger partial charge in [-0.05, 0) is 44.2 Å². The Hall–Kier alpha value is -0.0400. The van der Waals surface area contributed by atoms with E-state index in [1.54, 1.807) is 0 Å². The summed E-state index contributed by atoms with van der Waals surface area (Å²) < 4.78 is 0. The molecule has 1 nitrogen and oxygen atoms in total. The lowest BCUT2D eigenvalue weighted by molar-refractivity contribution is 0.180. The summed E-state index contributed by atoms with van der Waals surface area (Å²) in [6, 6.07) is 0. The summed E-state index contributed by atoms with van der Waals surface area (Å²) in [7, 11) is 0. The number of hydrogen-bond acceptors (Lipinski definition) is 1. The van der Waals surface area contributed by atoms with E-state index >= 15 is 0 Å². The van der Waals surface area contributed by atoms with E-state index in [-0.39, 0.29) is 0 Å². The molecule has 1 aliphatic carbocycles. The van der Waals surface area contributed by atoms with Crippen molar-refractivity contribution in [3.8, 4) is 0 Å². The standard InChI is InChI=1S/C12H23N/c1-11-6-2-3-7-12(11)10-13-8-4-5-9-13/h11-12H,2-10H2,1H3. The van der Waals surface area contributed by atoms with Gasteiger partial charge < -0.3 is 4.90 Å². The molecular formula is C12H23N. The monoisotopic (exact) mass is 181 g/mol. The minimum atomic E-state index is 0.995. The number of hydrogen-bond donors (Lipinski definition) is 0. The lowest BCUT2D eigenvalue weighted by Crippen LogP contribution is -2.31. The summed E-state index contributed by atoms with van der Waals surface area (Å²) in [5.41, 5.74) is 0. The molecule has 1 heteroatoms. The normalized spacial score (nSPS) is 36.7. The van der Waals surface area contributed by atoms with Crippen LogP contribution in [0, 0.1) is 11.8 Å². The van der Waals surface area contributed by atoms with Crippen molar-refractivity contribution in [2.24, 2.45) is 11.8 Å². The molecule has 76 valence electrons. The molecule has 0 radical (unpaired) electrons. The van der Waals surface area contributed by atoms with Gasteiger partial charge in [0, 0.05) is 6.54 Å². The Morgan fingerprint density at radius 1 is 1.00 bits per heavy atom. The van der Waals surface area contributed by atoms with Crippen LogP contribution in [0.1, 0.15) is 45.4 Å². The second-order valence-electron chi connectivity index (χ2n) is 5.03. The Balaban J connectivity index is 1.78. The van der Waals surface area contributed by atoms with Crippen molar-refractivity contribution in [1.82, 2.24) is 4.90 Å². The minimum absolute atomic E-state index is 0.995. The number of rotatable bonds is 2. The Labute approximate surface area is 82.5 Å². The highest BCUT2D eigenvalue weighted by atomic mass is 15.1. The second kappa shape index (κ2) is 4.45. The zero-order valence-corrected chi connectivity index (χ0v) is 8.97. The van der Waals surface area contributed by atoms with Gasteiger partial charge >= 0.3 is 0 Å². The minimum Gasteiger partial charge on any atom is -0.303 e. The van der Waals surface area contributed by atoms with Crippen LogP contribution in [-0.4, -0.2) is 24.5 Å². The first kappa shape index (κ1) is 9.51. The molecule has 0 aromatic rings. The maximum absolute atomic E-state index is 2.69. The summed E-state index contributed by atoms with van der Waals surface area (Å²) in [5.74, 6) is 2.01. The van der Waals surface area contributed by atoms with Crippen molar-refractivity contribution in [1.29, 1.82) is 0 Å². The molecule has 0 N–H and O–H groups in total. The molecule has 2 aliphatic rings. The molecule has 1 aliphatic heterocycles. The van der Waals surface area contributed by atoms with Gasteiger partial charge in [-0.2, -0.15) is 0 Å². The predicted molar refractivity (Wildman–Crippen MR) is 56.8 cm³/mol. The fourth-order valence-electron chi connectivity index (χ4n) is 2.96. The average Bonchev–Trinajstić information content (AvgIpc) is 2.61. The van der Waals surface area contributed by atoms with Gasteiger partial charge in [0.05, 0.1) is 0 Å². The number of likely N-dealkylation sites (tertiary alicyclic amines) is 1. The van der Waals surface area contributed by atoms with Crippen molar-refractivity contribution in [2.45, 2.75) is 45.4 Å². The quantitative estimate of drug-likeness (QED) is 0.633. The molecule has 0 amide bonds. The third kappa shape index (κ3) is 2.46. The van der Waals surface area contributed by atoms with Gasteiger partial charge in [-0.1, -0.05) is 26.2 Å². The van der Waals surface area contributed by atoms with Crippen LogP contribution in [0.5, 0.6) is 0 Å². The highest BCUT2D eigenvalue weighted by molar-refractivity contribution is 4.77. The maximum atomic E-state index is 2.69. The average molecular weight is 181 g/mol. The van der Waals surface area contributed by atoms with Crippen LogP contribution < -0.4 is 0 Å². The molecule has 0 bridgehead atoms. The van der Waals surface area contributed by atoms with Crippen molar-refractivity contribution in [2.75, 3.05) is 19.6 Å². The van der Waals surface area contributed by atoms with Gasteiger partial charge in [-0.25, -0.2) is 0 Å². The molecular weight excluding hydrogens is 158 g/mol. The van der Waals surface area contributed by atoms with E-state index in [4.69, 9.17) is 0 Å². The van der Waals surface area contributed by atoms with E-state index in [2.05, 4.69) is 11.8 Å². The Kier molecular flexibility index (Phi) is 3.26. The summed E-state index contributed by atoms with van der Waals surface area (Å²) in [4.78, 5) is 2.69. The van der Waals surface area contributed by atoms with Gasteiger partial charge in [-0.15, -0.1) is 0 Å². The molecule has 0 aromatic carbocycles. The van der Waals surface area contributed by atoms with Crippen LogP contribution in [-0.2, 0) is 0 Å². The van der Waals surface area contributed by atoms with Crippen LogP contribution in [0.15, 0.2) is 0 Å². The zero-order valence-electron chi connectivity index (χ0n) is 8.97. The molecule has 2 fully saturated rings. The molecule has 2 atom stereocenters. The highest BCUT2D eigenvalue weighted by Crippen LogP contribution is 2.30. The van der Waals surface area contributed by atoms with E-state index in [0.717, 1.165) is 11.8 Å². The zero-order chi connectivity index (χ0) is 9.10. The summed E-state index contributed by atoms with van der Waals surface area (Å²) in [5, 5.41) is 0. The van der Waals surface area contributed by atoms with Gasteiger partial charge in [0.2, 0.25) is 0 Å². The Bertz CT molecular complexity index is 149. The summed E-state index contributed by atoms with van der Waals surface area (Å²) in [6.45, 7) is 6.62. The van der Waals surface area contributed by atoms with Crippen LogP contribution in [0.3, 0.4) is 0 Å². The number of nitrogens with zero attached hydrogens (tertiary/aromatic N) is 1. The third-order valence-electron chi connectivity index (χ3n) is 3.98. The molecule has 1 saturated heterocycles. The molecule has 2 rings (SSSR count). The third-order valence-corrected chi connectivity index (χ3v) is 3.98. The summed E-state index contributed by atoms with van der Waals surface area (Å²) in [6.07, 6.45) is 8.85. The van der Waals surface area contributed by atoms with Gasteiger partial charge in [0.15, 0.2) is 0 Å². The molecule has 1 heterocycles. The molecule has 0 spiro atoms. The topological polar surface area (TPSA) is 3.24 Å². The smallest absolute Gasteiger partial charge is 0.00122 e. The molecule has 13 heavy (non-hydrogen) atoms. The largest absolute Gasteiger partial charge is 0.303 e. The fourth-order valence-corrected chi connectivity index (χ4v) is 2.96. The van der Waals surface area contributed by atoms with Gasteiger partial charge in [0.25, 0.3) is 0 Å². The van der Waals surface area contributed by atoms with Crippen LogP contribution in [0.4, 0.5) is 0 Å². The van der Waals surface area contributed by atoms with Crippen molar-refractivity contribution < 1.29 is 0 Å². The molecule has 1 saturated carbocycles. The molecule has 0 aromatic heterocycles. The SMILES string of the molecule is CC1CCCCC1CN1CCCC1. The van der Waals surface area contributed by atoms with Crippen molar-refractivity contribution in [3.05, 3.63) is 0 Å². The Morgan fingerprint density at radius 2 is 1.69 bits per heavy atom. The van der Waals surface area contributed by atoms with E-state index < -0.39 is 0 Å². The fraction of sp³-hybridized carbons (Fsp3) is 1.00. The first-order valence-corrected chi connectivity index (χ1v) is 6.08. The van der Waals surface area contributed by atoms with Crippen molar-refractivity contribution in [3.63, 3.8) is 0 Å². The highest BCUT2D eigenvalue weighted by Gasteiger charge is 2.24. The predicted octanol–water partition coefficient (Wildman–Crippen LogP) is 2.91. The molecule has 2 unspecified atom stereocenters. The lowest BCUT2D eigenvalue weighted by Gasteiger charge is -2.32. The first-order valence-electron chi connectivity index (χ1n) is 6.08. The van der Waals surface area contributed by atoms with Gasteiger partial charge in [0.1, 0.15) is 0 Å². The van der Waals surface area contributed by atoms with E-state index in [1.807, 2.05) is 0 Å². The lowest BCUT2D eigenvalue weighted by atomic mass is 9.80. The Morgan fingerprint density at radius 3 is 2.38 bits per heavy atom. The summed E-state index contributed by atoms with van der Waals surface area (Å²) >= 11 is 0.